The zero-order valence-corrected chi connectivity index (χ0v) is 11.6. The number of thioether (sulfide) groups is 1. The van der Waals surface area contributed by atoms with Crippen molar-refractivity contribution in [3.8, 4) is 0 Å². The van der Waals surface area contributed by atoms with E-state index in [0.717, 1.165) is 31.0 Å². The topological polar surface area (TPSA) is 49.9 Å². The molecule has 0 aliphatic carbocycles. The monoisotopic (exact) mass is 272 g/mol. The molecule has 2 saturated heterocycles. The molecule has 2 fully saturated rings. The van der Waals surface area contributed by atoms with Gasteiger partial charge in [-0.05, 0) is 12.2 Å². The van der Waals surface area contributed by atoms with Gasteiger partial charge in [0.1, 0.15) is 6.04 Å². The van der Waals surface area contributed by atoms with Crippen molar-refractivity contribution in [3.05, 3.63) is 0 Å². The first-order chi connectivity index (χ1) is 8.70. The van der Waals surface area contributed by atoms with Gasteiger partial charge in [0.05, 0.1) is 13.2 Å². The number of ether oxygens (including phenoxy) is 1. The summed E-state index contributed by atoms with van der Waals surface area (Å²) in [5.74, 6) is 2.11. The first-order valence-electron chi connectivity index (χ1n) is 6.41. The number of hydrogen-bond acceptors (Lipinski definition) is 4. The lowest BCUT2D eigenvalue weighted by molar-refractivity contribution is -0.152. The van der Waals surface area contributed by atoms with E-state index in [4.69, 9.17) is 4.74 Å². The van der Waals surface area contributed by atoms with Crippen molar-refractivity contribution < 1.29 is 14.3 Å². The van der Waals surface area contributed by atoms with Crippen LogP contribution in [-0.4, -0.2) is 72.0 Å². The van der Waals surface area contributed by atoms with Crippen molar-refractivity contribution in [2.45, 2.75) is 19.4 Å². The molecule has 2 aliphatic heterocycles. The van der Waals surface area contributed by atoms with Gasteiger partial charge in [0.25, 0.3) is 0 Å². The second-order valence-corrected chi connectivity index (χ2v) is 5.82. The van der Waals surface area contributed by atoms with Gasteiger partial charge in [-0.25, -0.2) is 0 Å². The van der Waals surface area contributed by atoms with Gasteiger partial charge in [-0.1, -0.05) is 0 Å². The Balaban J connectivity index is 2.02. The van der Waals surface area contributed by atoms with Gasteiger partial charge >= 0.3 is 0 Å². The largest absolute Gasteiger partial charge is 0.377 e. The van der Waals surface area contributed by atoms with Crippen molar-refractivity contribution in [3.63, 3.8) is 0 Å². The quantitative estimate of drug-likeness (QED) is 0.684. The van der Waals surface area contributed by atoms with Crippen molar-refractivity contribution in [2.24, 2.45) is 0 Å². The zero-order valence-electron chi connectivity index (χ0n) is 10.8. The molecule has 0 radical (unpaired) electrons. The molecule has 5 nitrogen and oxygen atoms in total. The van der Waals surface area contributed by atoms with Crippen LogP contribution in [0.25, 0.3) is 0 Å². The molecule has 2 heterocycles. The molecule has 18 heavy (non-hydrogen) atoms. The van der Waals surface area contributed by atoms with Gasteiger partial charge in [0.2, 0.25) is 11.8 Å². The maximum absolute atomic E-state index is 12.5. The maximum Gasteiger partial charge on any atom is 0.247 e. The highest BCUT2D eigenvalue weighted by Crippen LogP contribution is 2.15. The van der Waals surface area contributed by atoms with Crippen LogP contribution in [-0.2, 0) is 14.3 Å². The molecular formula is C12H20N2O3S. The average Bonchev–Trinajstić information content (AvgIpc) is 2.66. The van der Waals surface area contributed by atoms with Crippen LogP contribution in [0.2, 0.25) is 0 Å². The summed E-state index contributed by atoms with van der Waals surface area (Å²) in [5.41, 5.74) is 0. The lowest BCUT2D eigenvalue weighted by Gasteiger charge is -2.36. The molecular weight excluding hydrogens is 252 g/mol. The van der Waals surface area contributed by atoms with E-state index in [1.54, 1.807) is 4.90 Å². The van der Waals surface area contributed by atoms with E-state index in [9.17, 15) is 9.59 Å². The summed E-state index contributed by atoms with van der Waals surface area (Å²) in [7, 11) is 0. The van der Waals surface area contributed by atoms with Gasteiger partial charge in [-0.3, -0.25) is 9.59 Å². The van der Waals surface area contributed by atoms with E-state index in [1.165, 1.54) is 6.92 Å². The summed E-state index contributed by atoms with van der Waals surface area (Å²) in [6, 6.07) is -0.417. The number of carbonyl (C=O) groups is 2. The molecule has 0 unspecified atom stereocenters. The van der Waals surface area contributed by atoms with E-state index in [2.05, 4.69) is 0 Å². The minimum atomic E-state index is -0.417. The summed E-state index contributed by atoms with van der Waals surface area (Å²) in [6.07, 6.45) is 1.03. The van der Waals surface area contributed by atoms with Gasteiger partial charge in [-0.2, -0.15) is 11.8 Å². The van der Waals surface area contributed by atoms with Crippen LogP contribution in [0.3, 0.4) is 0 Å². The number of morpholine rings is 1. The van der Waals surface area contributed by atoms with E-state index in [-0.39, 0.29) is 11.8 Å². The number of carbonyl (C=O) groups excluding carboxylic acids is 2. The molecule has 0 saturated carbocycles. The third kappa shape index (κ3) is 3.17. The molecule has 2 amide bonds. The molecule has 2 rings (SSSR count). The highest BCUT2D eigenvalue weighted by Gasteiger charge is 2.34. The summed E-state index contributed by atoms with van der Waals surface area (Å²) in [5, 5.41) is 0. The summed E-state index contributed by atoms with van der Waals surface area (Å²) in [6.45, 7) is 4.49. The molecule has 6 heteroatoms. The lowest BCUT2D eigenvalue weighted by Crippen LogP contribution is -2.56. The fourth-order valence-electron chi connectivity index (χ4n) is 2.36. The van der Waals surface area contributed by atoms with E-state index in [1.807, 2.05) is 16.7 Å². The third-order valence-electron chi connectivity index (χ3n) is 3.35. The number of nitrogens with zero attached hydrogens (tertiary/aromatic N) is 2. The average molecular weight is 272 g/mol. The standard InChI is InChI=1S/C12H20N2O3S/c1-10(15)14-4-6-17-9-11(14)12(16)13-3-2-7-18-8-5-13/h11H,2-9H2,1H3/t11-/m0/s1. The van der Waals surface area contributed by atoms with E-state index >= 15 is 0 Å². The van der Waals surface area contributed by atoms with Gasteiger partial charge in [0.15, 0.2) is 0 Å². The van der Waals surface area contributed by atoms with Crippen molar-refractivity contribution in [1.29, 1.82) is 0 Å². The molecule has 0 bridgehead atoms. The predicted octanol–water partition coefficient (Wildman–Crippen LogP) is 0.199. The normalized spacial score (nSPS) is 25.7. The molecule has 2 aliphatic rings. The van der Waals surface area contributed by atoms with Gasteiger partial charge in [0, 0.05) is 32.3 Å². The van der Waals surface area contributed by atoms with Crippen LogP contribution in [0.1, 0.15) is 13.3 Å². The van der Waals surface area contributed by atoms with Crippen LogP contribution < -0.4 is 0 Å². The molecule has 102 valence electrons. The van der Waals surface area contributed by atoms with Crippen molar-refractivity contribution in [2.75, 3.05) is 44.4 Å². The van der Waals surface area contributed by atoms with Crippen LogP contribution in [0.5, 0.6) is 0 Å². The Bertz CT molecular complexity index is 316. The van der Waals surface area contributed by atoms with Crippen molar-refractivity contribution in [1.82, 2.24) is 9.80 Å². The predicted molar refractivity (Wildman–Crippen MR) is 70.5 cm³/mol. The summed E-state index contributed by atoms with van der Waals surface area (Å²) in [4.78, 5) is 27.6. The zero-order chi connectivity index (χ0) is 13.0. The Morgan fingerprint density at radius 1 is 1.22 bits per heavy atom. The first kappa shape index (κ1) is 13.7. The summed E-state index contributed by atoms with van der Waals surface area (Å²) < 4.78 is 5.36. The fraction of sp³-hybridized carbons (Fsp3) is 0.833. The number of hydrogen-bond donors (Lipinski definition) is 0. The molecule has 0 spiro atoms. The number of rotatable bonds is 1. The fourth-order valence-corrected chi connectivity index (χ4v) is 3.25. The second-order valence-electron chi connectivity index (χ2n) is 4.59. The Morgan fingerprint density at radius 3 is 2.83 bits per heavy atom. The van der Waals surface area contributed by atoms with Gasteiger partial charge in [-0.15, -0.1) is 0 Å². The van der Waals surface area contributed by atoms with Crippen LogP contribution in [0.4, 0.5) is 0 Å². The first-order valence-corrected chi connectivity index (χ1v) is 7.57. The molecule has 0 aromatic rings. The Kier molecular flexibility index (Phi) is 4.88. The van der Waals surface area contributed by atoms with Crippen LogP contribution in [0.15, 0.2) is 0 Å². The highest BCUT2D eigenvalue weighted by atomic mass is 32.2. The van der Waals surface area contributed by atoms with Crippen LogP contribution in [0, 0.1) is 0 Å². The summed E-state index contributed by atoms with van der Waals surface area (Å²) >= 11 is 1.88. The Hall–Kier alpha value is -0.750. The highest BCUT2D eigenvalue weighted by molar-refractivity contribution is 7.99. The maximum atomic E-state index is 12.5. The molecule has 0 aromatic heterocycles. The molecule has 0 aromatic carbocycles. The van der Waals surface area contributed by atoms with Crippen LogP contribution >= 0.6 is 11.8 Å². The van der Waals surface area contributed by atoms with Gasteiger partial charge < -0.3 is 14.5 Å². The second kappa shape index (κ2) is 6.43. The smallest absolute Gasteiger partial charge is 0.247 e. The minimum absolute atomic E-state index is 0.0409. The SMILES string of the molecule is CC(=O)N1CCOC[C@H]1C(=O)N1CCCSCC1. The van der Waals surface area contributed by atoms with Crippen molar-refractivity contribution >= 4 is 23.6 Å². The Labute approximate surface area is 112 Å². The third-order valence-corrected chi connectivity index (χ3v) is 4.40. The number of amides is 2. The lowest BCUT2D eigenvalue weighted by atomic mass is 10.2. The molecule has 0 N–H and O–H groups in total. The minimum Gasteiger partial charge on any atom is -0.377 e. The Morgan fingerprint density at radius 2 is 2.06 bits per heavy atom. The molecule has 1 atom stereocenters. The van der Waals surface area contributed by atoms with E-state index in [0.29, 0.717) is 19.8 Å². The van der Waals surface area contributed by atoms with E-state index < -0.39 is 6.04 Å².